The zero-order valence-corrected chi connectivity index (χ0v) is 20.3. The number of hydrogen-bond donors (Lipinski definition) is 2. The molecule has 1 aliphatic rings. The van der Waals surface area contributed by atoms with E-state index in [9.17, 15) is 9.59 Å². The number of amides is 1. The Morgan fingerprint density at radius 2 is 1.79 bits per heavy atom. The van der Waals surface area contributed by atoms with Gasteiger partial charge in [0.15, 0.2) is 8.32 Å². The van der Waals surface area contributed by atoms with Gasteiger partial charge in [-0.3, -0.25) is 4.90 Å². The van der Waals surface area contributed by atoms with Gasteiger partial charge >= 0.3 is 6.09 Å². The van der Waals surface area contributed by atoms with E-state index in [2.05, 4.69) is 48.3 Å². The number of rotatable bonds is 6. The van der Waals surface area contributed by atoms with Crippen LogP contribution in [0.15, 0.2) is 30.3 Å². The van der Waals surface area contributed by atoms with Gasteiger partial charge in [-0.15, -0.1) is 0 Å². The van der Waals surface area contributed by atoms with Gasteiger partial charge in [0.1, 0.15) is 5.60 Å². The van der Waals surface area contributed by atoms with E-state index < -0.39 is 13.9 Å². The molecule has 2 rings (SSSR count). The smallest absolute Gasteiger partial charge is 0.407 e. The summed E-state index contributed by atoms with van der Waals surface area (Å²) in [6, 6.07) is 10.5. The maximum Gasteiger partial charge on any atom is 0.407 e. The van der Waals surface area contributed by atoms with Gasteiger partial charge < -0.3 is 14.8 Å². The molecule has 1 aromatic rings. The van der Waals surface area contributed by atoms with E-state index in [4.69, 9.17) is 4.74 Å². The summed E-state index contributed by atoms with van der Waals surface area (Å²) in [6.07, 6.45) is 1.53. The number of carbonyl (C=O) groups excluding carboxylic acids is 1. The zero-order chi connectivity index (χ0) is 21.9. The van der Waals surface area contributed by atoms with Crippen molar-refractivity contribution in [1.82, 2.24) is 10.2 Å². The maximum atomic E-state index is 12.4. The number of piperidine rings is 1. The highest BCUT2D eigenvalue weighted by Crippen LogP contribution is 2.43. The van der Waals surface area contributed by atoms with Crippen LogP contribution in [0.3, 0.4) is 0 Å². The molecule has 1 heterocycles. The molecule has 0 aromatic heterocycles. The Balaban J connectivity index is 2.11. The quantitative estimate of drug-likeness (QED) is 0.651. The molecule has 1 aromatic carbocycles. The van der Waals surface area contributed by atoms with Gasteiger partial charge in [0.05, 0.1) is 0 Å². The van der Waals surface area contributed by atoms with Crippen LogP contribution in [0, 0.1) is 5.92 Å². The Morgan fingerprint density at radius 3 is 2.34 bits per heavy atom. The number of nitrogens with zero attached hydrogens (tertiary/aromatic N) is 1. The zero-order valence-electron chi connectivity index (χ0n) is 19.3. The molecule has 0 aliphatic carbocycles. The largest absolute Gasteiger partial charge is 0.444 e. The van der Waals surface area contributed by atoms with Crippen molar-refractivity contribution in [2.24, 2.45) is 5.92 Å². The number of hydrogen-bond acceptors (Lipinski definition) is 4. The van der Waals surface area contributed by atoms with Crippen molar-refractivity contribution in [1.29, 1.82) is 0 Å². The van der Waals surface area contributed by atoms with E-state index in [1.54, 1.807) is 0 Å². The van der Waals surface area contributed by atoms with Crippen LogP contribution in [0.4, 0.5) is 4.79 Å². The van der Waals surface area contributed by atoms with Gasteiger partial charge in [-0.25, -0.2) is 4.79 Å². The summed E-state index contributed by atoms with van der Waals surface area (Å²) in [5.74, 6) is 0.418. The van der Waals surface area contributed by atoms with Crippen LogP contribution in [-0.4, -0.2) is 48.8 Å². The van der Waals surface area contributed by atoms with Crippen molar-refractivity contribution in [3.8, 4) is 0 Å². The van der Waals surface area contributed by atoms with E-state index >= 15 is 0 Å². The van der Waals surface area contributed by atoms with Crippen molar-refractivity contribution in [2.75, 3.05) is 13.1 Å². The fourth-order valence-electron chi connectivity index (χ4n) is 3.97. The highest BCUT2D eigenvalue weighted by atomic mass is 28.4. The summed E-state index contributed by atoms with van der Waals surface area (Å²) in [5.41, 5.74) is 0.774. The summed E-state index contributed by atoms with van der Waals surface area (Å²) < 4.78 is 5.48. The first kappa shape index (κ1) is 23.9. The third kappa shape index (κ3) is 7.76. The Labute approximate surface area is 178 Å². The molecule has 164 valence electrons. The van der Waals surface area contributed by atoms with Gasteiger partial charge in [0.25, 0.3) is 0 Å². The first-order chi connectivity index (χ1) is 13.2. The fraction of sp³-hybridized carbons (Fsp3) is 0.696. The molecule has 1 aliphatic heterocycles. The van der Waals surface area contributed by atoms with E-state index in [-0.39, 0.29) is 17.2 Å². The van der Waals surface area contributed by atoms with Crippen LogP contribution in [-0.2, 0) is 11.3 Å². The van der Waals surface area contributed by atoms with E-state index in [0.29, 0.717) is 5.92 Å². The van der Waals surface area contributed by atoms with Gasteiger partial charge in [-0.05, 0) is 63.2 Å². The molecule has 0 saturated carbocycles. The monoisotopic (exact) mass is 420 g/mol. The third-order valence-electron chi connectivity index (χ3n) is 6.04. The predicted molar refractivity (Wildman–Crippen MR) is 121 cm³/mol. The molecule has 6 heteroatoms. The number of benzene rings is 1. The minimum absolute atomic E-state index is 0.0478. The Kier molecular flexibility index (Phi) is 7.57. The minimum Gasteiger partial charge on any atom is -0.444 e. The van der Waals surface area contributed by atoms with Crippen molar-refractivity contribution < 1.29 is 14.3 Å². The number of carbonyl (C=O) groups is 1. The highest BCUT2D eigenvalue weighted by Gasteiger charge is 2.41. The lowest BCUT2D eigenvalue weighted by Gasteiger charge is -2.43. The summed E-state index contributed by atoms with van der Waals surface area (Å²) in [4.78, 5) is 25.5. The van der Waals surface area contributed by atoms with Crippen LogP contribution >= 0.6 is 0 Å². The highest BCUT2D eigenvalue weighted by molar-refractivity contribution is 6.72. The molecular formula is C23H40N2O3Si. The normalized spacial score (nSPS) is 21.7. The standard InChI is InChI=1S/C23H40N2O3Si/c1-22(2,3)28-21(26)24-20-13-19(14-23(4,5)29(6,7)27)16-25(17-20)15-18-11-9-8-10-12-18/h8-12,19-20,27H,13-17H2,1-7H3,(H,24,26)/t19-,20-/m0/s1. The van der Waals surface area contributed by atoms with Crippen LogP contribution in [0.2, 0.25) is 18.1 Å². The molecule has 1 fully saturated rings. The minimum atomic E-state index is -2.28. The molecule has 2 N–H and O–H groups in total. The Morgan fingerprint density at radius 1 is 1.17 bits per heavy atom. The predicted octanol–water partition coefficient (Wildman–Crippen LogP) is 4.77. The number of alkyl carbamates (subject to hydrolysis) is 1. The van der Waals surface area contributed by atoms with Gasteiger partial charge in [0.2, 0.25) is 0 Å². The van der Waals surface area contributed by atoms with Crippen LogP contribution < -0.4 is 5.32 Å². The lowest BCUT2D eigenvalue weighted by molar-refractivity contribution is 0.0436. The van der Waals surface area contributed by atoms with Crippen LogP contribution in [0.25, 0.3) is 0 Å². The molecule has 1 saturated heterocycles. The van der Waals surface area contributed by atoms with Crippen molar-refractivity contribution >= 4 is 14.4 Å². The molecule has 0 radical (unpaired) electrons. The molecule has 0 spiro atoms. The lowest BCUT2D eigenvalue weighted by Crippen LogP contribution is -2.52. The summed E-state index contributed by atoms with van der Waals surface area (Å²) in [7, 11) is -2.28. The first-order valence-corrected chi connectivity index (χ1v) is 13.7. The second-order valence-corrected chi connectivity index (χ2v) is 15.2. The van der Waals surface area contributed by atoms with E-state index in [0.717, 1.165) is 32.5 Å². The Bertz CT molecular complexity index is 665. The second kappa shape index (κ2) is 9.19. The topological polar surface area (TPSA) is 61.8 Å². The fourth-order valence-corrected chi connectivity index (χ4v) is 4.76. The van der Waals surface area contributed by atoms with Gasteiger partial charge in [-0.2, -0.15) is 0 Å². The molecule has 5 nitrogen and oxygen atoms in total. The van der Waals surface area contributed by atoms with Crippen molar-refractivity contribution in [3.63, 3.8) is 0 Å². The van der Waals surface area contributed by atoms with Crippen molar-refractivity contribution in [3.05, 3.63) is 35.9 Å². The van der Waals surface area contributed by atoms with E-state index in [1.807, 2.05) is 39.9 Å². The van der Waals surface area contributed by atoms with Crippen LogP contribution in [0.5, 0.6) is 0 Å². The SMILES string of the molecule is CC(C)(C)OC(=O)N[C@H]1C[C@@H](CC(C)(C)[Si](C)(C)O)CN(Cc2ccccc2)C1. The molecular weight excluding hydrogens is 380 g/mol. The molecule has 2 atom stereocenters. The van der Waals surface area contributed by atoms with Crippen LogP contribution in [0.1, 0.15) is 53.0 Å². The average molecular weight is 421 g/mol. The summed E-state index contributed by atoms with van der Waals surface area (Å²) in [6.45, 7) is 16.7. The average Bonchev–Trinajstić information content (AvgIpc) is 2.52. The Hall–Kier alpha value is -1.37. The first-order valence-electron chi connectivity index (χ1n) is 10.7. The number of ether oxygens (including phenoxy) is 1. The summed E-state index contributed by atoms with van der Waals surface area (Å²) >= 11 is 0. The molecule has 1 amide bonds. The second-order valence-electron chi connectivity index (χ2n) is 10.8. The number of likely N-dealkylation sites (tertiary alicyclic amines) is 1. The van der Waals surface area contributed by atoms with E-state index in [1.165, 1.54) is 5.56 Å². The lowest BCUT2D eigenvalue weighted by atomic mass is 9.86. The molecule has 0 bridgehead atoms. The summed E-state index contributed by atoms with van der Waals surface area (Å²) in [5, 5.41) is 3.01. The van der Waals surface area contributed by atoms with Crippen molar-refractivity contribution in [2.45, 2.75) is 83.8 Å². The van der Waals surface area contributed by atoms with Gasteiger partial charge in [-0.1, -0.05) is 44.2 Å². The maximum absolute atomic E-state index is 12.4. The number of nitrogens with one attached hydrogen (secondary N) is 1. The molecule has 29 heavy (non-hydrogen) atoms. The molecule has 0 unspecified atom stereocenters. The third-order valence-corrected chi connectivity index (χ3v) is 9.55. The van der Waals surface area contributed by atoms with Gasteiger partial charge in [0, 0.05) is 25.7 Å².